The molecule has 0 bridgehead atoms. The third-order valence-electron chi connectivity index (χ3n) is 6.53. The molecule has 0 aromatic heterocycles. The van der Waals surface area contributed by atoms with Gasteiger partial charge in [-0.1, -0.05) is 30.3 Å². The highest BCUT2D eigenvalue weighted by molar-refractivity contribution is 5.75. The normalized spacial score (nSPS) is 10.9. The monoisotopic (exact) mass is 474 g/mol. The summed E-state index contributed by atoms with van der Waals surface area (Å²) in [6, 6.07) is 21.4. The van der Waals surface area contributed by atoms with Crippen LogP contribution in [0.4, 0.5) is 21.9 Å². The Balaban J connectivity index is 2.23. The van der Waals surface area contributed by atoms with Gasteiger partial charge in [0.05, 0.1) is 5.69 Å². The Bertz CT molecular complexity index is 1080. The molecule has 0 aliphatic heterocycles. The highest BCUT2D eigenvalue weighted by Gasteiger charge is 2.24. The van der Waals surface area contributed by atoms with Gasteiger partial charge in [-0.05, 0) is 73.4 Å². The zero-order chi connectivity index (χ0) is 25.7. The molecule has 0 atom stereocenters. The fourth-order valence-electron chi connectivity index (χ4n) is 4.53. The predicted molar refractivity (Wildman–Crippen MR) is 147 cm³/mol. The lowest BCUT2D eigenvalue weighted by Gasteiger charge is -2.28. The van der Waals surface area contributed by atoms with E-state index in [2.05, 4.69) is 83.1 Å². The van der Waals surface area contributed by atoms with Crippen LogP contribution in [0.5, 0.6) is 5.75 Å². The van der Waals surface area contributed by atoms with Crippen LogP contribution in [-0.2, 0) is 0 Å². The molecule has 0 aliphatic carbocycles. The third kappa shape index (κ3) is 5.70. The second-order valence-corrected chi connectivity index (χ2v) is 9.13. The maximum absolute atomic E-state index is 11.9. The summed E-state index contributed by atoms with van der Waals surface area (Å²) >= 11 is 0. The molecule has 0 aliphatic rings. The van der Waals surface area contributed by atoms with Gasteiger partial charge in [0.1, 0.15) is 0 Å². The summed E-state index contributed by atoms with van der Waals surface area (Å²) in [6.07, 6.45) is -0.805. The SMILES string of the molecule is CCN(CC)c1ccc(C(c2ccc(N(C)C)cc2)c2ccc(N(C)C)cc2)c(C)c1OC(N)=O. The first kappa shape index (κ1) is 25.9. The fourth-order valence-corrected chi connectivity index (χ4v) is 4.53. The van der Waals surface area contributed by atoms with Crippen LogP contribution >= 0.6 is 0 Å². The van der Waals surface area contributed by atoms with Crippen molar-refractivity contribution in [3.05, 3.63) is 82.9 Å². The number of carbonyl (C=O) groups is 1. The Hall–Kier alpha value is -3.67. The van der Waals surface area contributed by atoms with Crippen LogP contribution < -0.4 is 25.2 Å². The van der Waals surface area contributed by atoms with E-state index in [1.807, 2.05) is 41.2 Å². The molecule has 2 N–H and O–H groups in total. The average Bonchev–Trinajstić information content (AvgIpc) is 2.83. The van der Waals surface area contributed by atoms with Crippen molar-refractivity contribution in [2.45, 2.75) is 26.7 Å². The van der Waals surface area contributed by atoms with Crippen LogP contribution in [0, 0.1) is 6.92 Å². The van der Waals surface area contributed by atoms with Gasteiger partial charge in [-0.2, -0.15) is 0 Å². The van der Waals surface area contributed by atoms with Gasteiger partial charge in [0.2, 0.25) is 0 Å². The summed E-state index contributed by atoms with van der Waals surface area (Å²) in [5.41, 5.74) is 13.0. The topological polar surface area (TPSA) is 62.0 Å². The summed E-state index contributed by atoms with van der Waals surface area (Å²) in [5.74, 6) is 0.488. The number of ether oxygens (including phenoxy) is 1. The van der Waals surface area contributed by atoms with E-state index < -0.39 is 6.09 Å². The molecule has 186 valence electrons. The molecule has 0 fully saturated rings. The van der Waals surface area contributed by atoms with Gasteiger partial charge in [-0.3, -0.25) is 0 Å². The summed E-state index contributed by atoms with van der Waals surface area (Å²) in [6.45, 7) is 7.78. The number of amides is 1. The van der Waals surface area contributed by atoms with Crippen molar-refractivity contribution in [3.63, 3.8) is 0 Å². The maximum atomic E-state index is 11.9. The molecule has 6 heteroatoms. The largest absolute Gasteiger partial charge is 0.410 e. The molecule has 0 unspecified atom stereocenters. The van der Waals surface area contributed by atoms with E-state index in [1.165, 1.54) is 0 Å². The average molecular weight is 475 g/mol. The number of hydrogen-bond donors (Lipinski definition) is 1. The molecule has 3 aromatic carbocycles. The molecule has 3 rings (SSSR count). The number of anilines is 3. The standard InChI is InChI=1S/C29H38N4O2/c1-8-33(9-2)26-19-18-25(20(3)28(26)35-29(30)34)27(21-10-14-23(15-11-21)31(4)5)22-12-16-24(17-13-22)32(6)7/h10-19,27H,8-9H2,1-7H3,(H2,30,34). The lowest BCUT2D eigenvalue weighted by Crippen LogP contribution is -2.25. The van der Waals surface area contributed by atoms with E-state index in [0.29, 0.717) is 5.75 Å². The molecule has 0 saturated carbocycles. The summed E-state index contributed by atoms with van der Waals surface area (Å²) in [7, 11) is 8.15. The van der Waals surface area contributed by atoms with Crippen LogP contribution in [0.25, 0.3) is 0 Å². The van der Waals surface area contributed by atoms with Crippen molar-refractivity contribution in [1.82, 2.24) is 0 Å². The Kier molecular flexibility index (Phi) is 8.28. The molecular formula is C29H38N4O2. The van der Waals surface area contributed by atoms with E-state index >= 15 is 0 Å². The number of nitrogens with two attached hydrogens (primary N) is 1. The zero-order valence-corrected chi connectivity index (χ0v) is 22.0. The van der Waals surface area contributed by atoms with Gasteiger partial charge >= 0.3 is 6.09 Å². The Labute approximate surface area is 209 Å². The van der Waals surface area contributed by atoms with E-state index in [-0.39, 0.29) is 5.92 Å². The van der Waals surface area contributed by atoms with Crippen molar-refractivity contribution in [3.8, 4) is 5.75 Å². The van der Waals surface area contributed by atoms with Crippen LogP contribution in [0.15, 0.2) is 60.7 Å². The van der Waals surface area contributed by atoms with Gasteiger partial charge in [0.15, 0.2) is 5.75 Å². The second kappa shape index (κ2) is 11.2. The molecule has 3 aromatic rings. The minimum atomic E-state index is -0.805. The minimum absolute atomic E-state index is 0.0385. The first-order valence-corrected chi connectivity index (χ1v) is 12.1. The number of hydrogen-bond acceptors (Lipinski definition) is 5. The predicted octanol–water partition coefficient (Wildman–Crippen LogP) is 5.61. The van der Waals surface area contributed by atoms with Crippen molar-refractivity contribution in [1.29, 1.82) is 0 Å². The summed E-state index contributed by atoms with van der Waals surface area (Å²) < 4.78 is 5.61. The molecular weight excluding hydrogens is 436 g/mol. The van der Waals surface area contributed by atoms with Gasteiger partial charge in [0, 0.05) is 58.6 Å². The molecule has 1 amide bonds. The number of rotatable bonds is 9. The minimum Gasteiger partial charge on any atom is -0.408 e. The summed E-state index contributed by atoms with van der Waals surface area (Å²) in [4.78, 5) is 18.2. The molecule has 0 radical (unpaired) electrons. The molecule has 0 heterocycles. The highest BCUT2D eigenvalue weighted by Crippen LogP contribution is 2.42. The Morgan fingerprint density at radius 1 is 0.800 bits per heavy atom. The van der Waals surface area contributed by atoms with Crippen molar-refractivity contribution in [2.24, 2.45) is 5.73 Å². The van der Waals surface area contributed by atoms with E-state index in [9.17, 15) is 4.79 Å². The Morgan fingerprint density at radius 3 is 1.63 bits per heavy atom. The van der Waals surface area contributed by atoms with Gasteiger partial charge < -0.3 is 25.2 Å². The molecule has 0 saturated heterocycles. The van der Waals surface area contributed by atoms with Crippen LogP contribution in [0.3, 0.4) is 0 Å². The van der Waals surface area contributed by atoms with Gasteiger partial charge in [-0.15, -0.1) is 0 Å². The molecule has 6 nitrogen and oxygen atoms in total. The molecule has 35 heavy (non-hydrogen) atoms. The van der Waals surface area contributed by atoms with Gasteiger partial charge in [-0.25, -0.2) is 4.79 Å². The smallest absolute Gasteiger partial charge is 0.408 e. The lowest BCUT2D eigenvalue weighted by molar-refractivity contribution is 0.210. The van der Waals surface area contributed by atoms with E-state index in [0.717, 1.165) is 52.4 Å². The van der Waals surface area contributed by atoms with E-state index in [4.69, 9.17) is 10.5 Å². The maximum Gasteiger partial charge on any atom is 0.410 e. The van der Waals surface area contributed by atoms with Crippen molar-refractivity contribution in [2.75, 3.05) is 56.0 Å². The number of primary amides is 1. The summed E-state index contributed by atoms with van der Waals surface area (Å²) in [5, 5.41) is 0. The Morgan fingerprint density at radius 2 is 1.26 bits per heavy atom. The highest BCUT2D eigenvalue weighted by atomic mass is 16.5. The van der Waals surface area contributed by atoms with Crippen LogP contribution in [0.1, 0.15) is 42.0 Å². The number of carbonyl (C=O) groups excluding carboxylic acids is 1. The third-order valence-corrected chi connectivity index (χ3v) is 6.53. The van der Waals surface area contributed by atoms with Gasteiger partial charge in [0.25, 0.3) is 0 Å². The quantitative estimate of drug-likeness (QED) is 0.409. The van der Waals surface area contributed by atoms with Crippen LogP contribution in [0.2, 0.25) is 0 Å². The zero-order valence-electron chi connectivity index (χ0n) is 22.0. The van der Waals surface area contributed by atoms with Crippen molar-refractivity contribution < 1.29 is 9.53 Å². The molecule has 0 spiro atoms. The van der Waals surface area contributed by atoms with Crippen molar-refractivity contribution >= 4 is 23.2 Å². The first-order chi connectivity index (χ1) is 16.7. The first-order valence-electron chi connectivity index (χ1n) is 12.1. The van der Waals surface area contributed by atoms with E-state index in [1.54, 1.807) is 0 Å². The number of benzene rings is 3. The van der Waals surface area contributed by atoms with Crippen LogP contribution in [-0.4, -0.2) is 47.4 Å². The second-order valence-electron chi connectivity index (χ2n) is 9.13. The lowest BCUT2D eigenvalue weighted by atomic mass is 9.82. The fraction of sp³-hybridized carbons (Fsp3) is 0.345. The number of nitrogens with zero attached hydrogens (tertiary/aromatic N) is 3.